The average Bonchev–Trinajstić information content (AvgIpc) is 2.00. The minimum atomic E-state index is -1.71. The smallest absolute Gasteiger partial charge is 0.278 e. The molecule has 0 bridgehead atoms. The maximum absolute atomic E-state index is 11.3. The highest BCUT2D eigenvalue weighted by Gasteiger charge is 2.24. The van der Waals surface area contributed by atoms with E-state index in [0.717, 1.165) is 0 Å². The van der Waals surface area contributed by atoms with Gasteiger partial charge < -0.3 is 4.53 Å². The quantitative estimate of drug-likeness (QED) is 0.397. The molecule has 1 aliphatic carbocycles. The Balaban J connectivity index is 2.60. The lowest BCUT2D eigenvalue weighted by molar-refractivity contribution is -0.125. The van der Waals surface area contributed by atoms with Crippen LogP contribution < -0.4 is 0 Å². The van der Waals surface area contributed by atoms with Crippen LogP contribution in [0.2, 0.25) is 19.6 Å². The molecule has 0 spiro atoms. The van der Waals surface area contributed by atoms with Gasteiger partial charge in [0.2, 0.25) is 0 Å². The Morgan fingerprint density at radius 2 is 1.86 bits per heavy atom. The largest absolute Gasteiger partial charge is 0.455 e. The van der Waals surface area contributed by atoms with Crippen molar-refractivity contribution in [2.24, 2.45) is 5.16 Å². The summed E-state index contributed by atoms with van der Waals surface area (Å²) in [4.78, 5) is 22.2. The van der Waals surface area contributed by atoms with Crippen molar-refractivity contribution < 1.29 is 14.1 Å². The Kier molecular flexibility index (Phi) is 3.20. The SMILES string of the molecule is C[Si](C)(C)ON=C1CCC(=O)CC1=O. The van der Waals surface area contributed by atoms with Crippen molar-refractivity contribution >= 4 is 25.6 Å². The maximum Gasteiger partial charge on any atom is 0.278 e. The first-order valence-electron chi connectivity index (χ1n) is 4.68. The standard InChI is InChI=1S/C9H15NO3Si/c1-14(2,3)13-10-8-5-4-7(11)6-9(8)12/h4-6H2,1-3H3. The van der Waals surface area contributed by atoms with Gasteiger partial charge >= 0.3 is 0 Å². The van der Waals surface area contributed by atoms with E-state index in [1.165, 1.54) is 0 Å². The number of Topliss-reactive ketones (excluding diaryl/α,β-unsaturated/α-hetero) is 2. The summed E-state index contributed by atoms with van der Waals surface area (Å²) in [6.45, 7) is 5.99. The Bertz CT molecular complexity index is 291. The number of hydrogen-bond acceptors (Lipinski definition) is 4. The van der Waals surface area contributed by atoms with Crippen molar-refractivity contribution in [3.63, 3.8) is 0 Å². The second-order valence-electron chi connectivity index (χ2n) is 4.38. The summed E-state index contributed by atoms with van der Waals surface area (Å²) in [5.41, 5.74) is 0.423. The Morgan fingerprint density at radius 1 is 1.21 bits per heavy atom. The maximum atomic E-state index is 11.3. The molecule has 0 radical (unpaired) electrons. The zero-order chi connectivity index (χ0) is 10.8. The summed E-state index contributed by atoms with van der Waals surface area (Å²) >= 11 is 0. The first kappa shape index (κ1) is 11.1. The van der Waals surface area contributed by atoms with Crippen molar-refractivity contribution in [3.05, 3.63) is 0 Å². The highest BCUT2D eigenvalue weighted by molar-refractivity contribution is 6.69. The number of carbonyl (C=O) groups excluding carboxylic acids is 2. The highest BCUT2D eigenvalue weighted by atomic mass is 28.4. The molecule has 0 aromatic rings. The normalized spacial score (nSPS) is 21.5. The molecule has 1 saturated carbocycles. The molecule has 0 aromatic heterocycles. The molecule has 1 fully saturated rings. The van der Waals surface area contributed by atoms with Crippen LogP contribution in [0.25, 0.3) is 0 Å². The highest BCUT2D eigenvalue weighted by Crippen LogP contribution is 2.11. The molecule has 0 N–H and O–H groups in total. The molecule has 0 atom stereocenters. The molecule has 1 aliphatic rings. The number of ketones is 2. The summed E-state index contributed by atoms with van der Waals surface area (Å²) in [5.74, 6) is -0.179. The summed E-state index contributed by atoms with van der Waals surface area (Å²) in [6, 6.07) is 0. The lowest BCUT2D eigenvalue weighted by Crippen LogP contribution is -2.28. The van der Waals surface area contributed by atoms with Gasteiger partial charge in [0.25, 0.3) is 8.32 Å². The second-order valence-corrected chi connectivity index (χ2v) is 8.79. The van der Waals surface area contributed by atoms with Gasteiger partial charge in [0.1, 0.15) is 11.5 Å². The van der Waals surface area contributed by atoms with Gasteiger partial charge in [-0.2, -0.15) is 0 Å². The van der Waals surface area contributed by atoms with E-state index >= 15 is 0 Å². The number of carbonyl (C=O) groups is 2. The third-order valence-corrected chi connectivity index (χ3v) is 2.39. The number of oxime groups is 1. The lowest BCUT2D eigenvalue weighted by Gasteiger charge is -2.16. The average molecular weight is 213 g/mol. The van der Waals surface area contributed by atoms with Crippen LogP contribution in [-0.2, 0) is 14.1 Å². The van der Waals surface area contributed by atoms with Gasteiger partial charge in [-0.3, -0.25) is 9.59 Å². The Hall–Kier alpha value is -0.973. The molecule has 0 heterocycles. The van der Waals surface area contributed by atoms with Crippen LogP contribution in [0, 0.1) is 0 Å². The summed E-state index contributed by atoms with van der Waals surface area (Å²) in [7, 11) is -1.71. The van der Waals surface area contributed by atoms with E-state index in [0.29, 0.717) is 18.6 Å². The fourth-order valence-electron chi connectivity index (χ4n) is 1.06. The first-order valence-corrected chi connectivity index (χ1v) is 8.09. The van der Waals surface area contributed by atoms with Crippen LogP contribution in [0.5, 0.6) is 0 Å². The van der Waals surface area contributed by atoms with Crippen molar-refractivity contribution in [2.45, 2.75) is 38.9 Å². The number of nitrogens with zero attached hydrogens (tertiary/aromatic N) is 1. The van der Waals surface area contributed by atoms with E-state index in [1.807, 2.05) is 19.6 Å². The van der Waals surface area contributed by atoms with Crippen LogP contribution in [-0.4, -0.2) is 25.6 Å². The summed E-state index contributed by atoms with van der Waals surface area (Å²) < 4.78 is 5.27. The van der Waals surface area contributed by atoms with Crippen molar-refractivity contribution in [2.75, 3.05) is 0 Å². The Morgan fingerprint density at radius 3 is 2.36 bits per heavy atom. The molecule has 78 valence electrons. The molecule has 0 aliphatic heterocycles. The minimum absolute atomic E-state index is 0.00181. The molecule has 0 aromatic carbocycles. The van der Waals surface area contributed by atoms with Crippen LogP contribution in [0.15, 0.2) is 5.16 Å². The molecule has 4 nitrogen and oxygen atoms in total. The topological polar surface area (TPSA) is 55.7 Å². The number of rotatable bonds is 2. The van der Waals surface area contributed by atoms with Crippen LogP contribution >= 0.6 is 0 Å². The lowest BCUT2D eigenvalue weighted by atomic mass is 9.96. The van der Waals surface area contributed by atoms with Gasteiger partial charge in [-0.05, 0) is 19.6 Å². The molecule has 14 heavy (non-hydrogen) atoms. The van der Waals surface area contributed by atoms with E-state index in [9.17, 15) is 9.59 Å². The minimum Gasteiger partial charge on any atom is -0.455 e. The van der Waals surface area contributed by atoms with Gasteiger partial charge in [0.05, 0.1) is 6.42 Å². The fraction of sp³-hybridized carbons (Fsp3) is 0.667. The molecular weight excluding hydrogens is 198 g/mol. The molecule has 5 heteroatoms. The van der Waals surface area contributed by atoms with Gasteiger partial charge in [-0.1, -0.05) is 0 Å². The predicted molar refractivity (Wildman–Crippen MR) is 55.7 cm³/mol. The molecule has 0 unspecified atom stereocenters. The fourth-order valence-corrected chi connectivity index (χ4v) is 1.44. The third kappa shape index (κ3) is 3.41. The molecule has 0 amide bonds. The van der Waals surface area contributed by atoms with Gasteiger partial charge in [-0.25, -0.2) is 0 Å². The van der Waals surface area contributed by atoms with Crippen LogP contribution in [0.1, 0.15) is 19.3 Å². The van der Waals surface area contributed by atoms with Crippen molar-refractivity contribution in [1.29, 1.82) is 0 Å². The molecule has 0 saturated heterocycles. The monoisotopic (exact) mass is 213 g/mol. The molecular formula is C9H15NO3Si. The van der Waals surface area contributed by atoms with E-state index in [1.54, 1.807) is 0 Å². The predicted octanol–water partition coefficient (Wildman–Crippen LogP) is 1.52. The van der Waals surface area contributed by atoms with Gasteiger partial charge in [-0.15, -0.1) is 5.16 Å². The van der Waals surface area contributed by atoms with Crippen LogP contribution in [0.4, 0.5) is 0 Å². The van der Waals surface area contributed by atoms with Crippen molar-refractivity contribution in [1.82, 2.24) is 0 Å². The van der Waals surface area contributed by atoms with Gasteiger partial charge in [0, 0.05) is 12.8 Å². The van der Waals surface area contributed by atoms with Crippen molar-refractivity contribution in [3.8, 4) is 0 Å². The summed E-state index contributed by atoms with van der Waals surface area (Å²) in [6.07, 6.45) is 0.843. The zero-order valence-electron chi connectivity index (χ0n) is 8.79. The van der Waals surface area contributed by atoms with Crippen LogP contribution in [0.3, 0.4) is 0 Å². The Labute approximate surface area is 84.4 Å². The zero-order valence-corrected chi connectivity index (χ0v) is 9.79. The van der Waals surface area contributed by atoms with E-state index in [-0.39, 0.29) is 18.0 Å². The van der Waals surface area contributed by atoms with Gasteiger partial charge in [0.15, 0.2) is 5.78 Å². The van der Waals surface area contributed by atoms with E-state index in [2.05, 4.69) is 5.16 Å². The van der Waals surface area contributed by atoms with E-state index in [4.69, 9.17) is 4.53 Å². The third-order valence-electron chi connectivity index (χ3n) is 1.75. The summed E-state index contributed by atoms with van der Waals surface area (Å²) in [5, 5.41) is 3.85. The first-order chi connectivity index (χ1) is 6.38. The number of hydrogen-bond donors (Lipinski definition) is 0. The second kappa shape index (κ2) is 4.04. The van der Waals surface area contributed by atoms with E-state index < -0.39 is 8.32 Å². The molecule has 1 rings (SSSR count).